The highest BCUT2D eigenvalue weighted by Crippen LogP contribution is 2.20. The van der Waals surface area contributed by atoms with Gasteiger partial charge in [0.15, 0.2) is 0 Å². The van der Waals surface area contributed by atoms with Crippen LogP contribution in [0, 0.1) is 13.8 Å². The number of nitrogens with two attached hydrogens (primary N) is 1. The van der Waals surface area contributed by atoms with Crippen LogP contribution in [0.4, 0.5) is 5.69 Å². The number of anilines is 1. The highest BCUT2D eigenvalue weighted by atomic mass is 16.3. The highest BCUT2D eigenvalue weighted by Gasteiger charge is 2.20. The summed E-state index contributed by atoms with van der Waals surface area (Å²) in [4.78, 5) is 4.88. The summed E-state index contributed by atoms with van der Waals surface area (Å²) in [7, 11) is 0. The van der Waals surface area contributed by atoms with Crippen molar-refractivity contribution in [3.8, 4) is 0 Å². The predicted octanol–water partition coefficient (Wildman–Crippen LogP) is 2.72. The van der Waals surface area contributed by atoms with Gasteiger partial charge in [0.25, 0.3) is 0 Å². The highest BCUT2D eigenvalue weighted by molar-refractivity contribution is 5.48. The van der Waals surface area contributed by atoms with Crippen LogP contribution in [0.5, 0.6) is 0 Å². The Morgan fingerprint density at radius 2 is 1.86 bits per heavy atom. The number of hydrogen-bond acceptors (Lipinski definition) is 4. The lowest BCUT2D eigenvalue weighted by Crippen LogP contribution is -2.48. The van der Waals surface area contributed by atoms with Crippen LogP contribution >= 0.6 is 0 Å². The van der Waals surface area contributed by atoms with Crippen molar-refractivity contribution in [3.63, 3.8) is 0 Å². The van der Waals surface area contributed by atoms with Gasteiger partial charge >= 0.3 is 0 Å². The molecule has 4 heteroatoms. The van der Waals surface area contributed by atoms with Gasteiger partial charge < -0.3 is 15.1 Å². The molecule has 1 aliphatic rings. The van der Waals surface area contributed by atoms with E-state index in [0.29, 0.717) is 0 Å². The van der Waals surface area contributed by atoms with E-state index in [1.54, 1.807) is 0 Å². The first kappa shape index (κ1) is 15.1. The maximum atomic E-state index is 6.26. The first-order valence-electron chi connectivity index (χ1n) is 7.98. The lowest BCUT2D eigenvalue weighted by Gasteiger charge is -2.37. The molecule has 0 bridgehead atoms. The van der Waals surface area contributed by atoms with Gasteiger partial charge in [-0.3, -0.25) is 4.90 Å². The van der Waals surface area contributed by atoms with Crippen molar-refractivity contribution in [2.24, 2.45) is 5.73 Å². The maximum absolute atomic E-state index is 6.26. The fraction of sp³-hybridized carbons (Fsp3) is 0.444. The molecule has 1 aromatic carbocycles. The summed E-state index contributed by atoms with van der Waals surface area (Å²) in [5, 5.41) is 0. The molecular weight excluding hydrogens is 274 g/mol. The average molecular weight is 299 g/mol. The minimum atomic E-state index is -0.0424. The molecule has 0 saturated carbocycles. The van der Waals surface area contributed by atoms with Gasteiger partial charge in [0.05, 0.1) is 6.04 Å². The van der Waals surface area contributed by atoms with E-state index < -0.39 is 0 Å². The number of piperazine rings is 1. The molecule has 0 radical (unpaired) electrons. The van der Waals surface area contributed by atoms with Gasteiger partial charge in [0.2, 0.25) is 0 Å². The van der Waals surface area contributed by atoms with Crippen LogP contribution in [0.15, 0.2) is 40.8 Å². The molecule has 4 nitrogen and oxygen atoms in total. The Kier molecular flexibility index (Phi) is 4.50. The van der Waals surface area contributed by atoms with E-state index in [9.17, 15) is 0 Å². The van der Waals surface area contributed by atoms with Gasteiger partial charge in [0, 0.05) is 38.4 Å². The minimum absolute atomic E-state index is 0.0424. The van der Waals surface area contributed by atoms with Crippen molar-refractivity contribution in [2.45, 2.75) is 19.9 Å². The third-order valence-corrected chi connectivity index (χ3v) is 4.32. The van der Waals surface area contributed by atoms with E-state index in [-0.39, 0.29) is 6.04 Å². The third kappa shape index (κ3) is 3.51. The summed E-state index contributed by atoms with van der Waals surface area (Å²) >= 11 is 0. The largest absolute Gasteiger partial charge is 0.465 e. The SMILES string of the molecule is Cc1cccc(N2CCN(CC(N)c3ccc(C)o3)CC2)c1. The van der Waals surface area contributed by atoms with Crippen LogP contribution in [0.3, 0.4) is 0 Å². The molecule has 0 aliphatic carbocycles. The van der Waals surface area contributed by atoms with Crippen molar-refractivity contribution in [1.29, 1.82) is 0 Å². The quantitative estimate of drug-likeness (QED) is 0.943. The Hall–Kier alpha value is -1.78. The van der Waals surface area contributed by atoms with Crippen molar-refractivity contribution in [2.75, 3.05) is 37.6 Å². The molecule has 2 N–H and O–H groups in total. The van der Waals surface area contributed by atoms with Gasteiger partial charge in [-0.15, -0.1) is 0 Å². The molecule has 1 aromatic heterocycles. The first-order valence-corrected chi connectivity index (χ1v) is 7.98. The van der Waals surface area contributed by atoms with E-state index in [2.05, 4.69) is 41.0 Å². The second kappa shape index (κ2) is 6.55. The second-order valence-electron chi connectivity index (χ2n) is 6.18. The Morgan fingerprint density at radius 1 is 1.09 bits per heavy atom. The Labute approximate surface area is 132 Å². The number of hydrogen-bond donors (Lipinski definition) is 1. The summed E-state index contributed by atoms with van der Waals surface area (Å²) < 4.78 is 5.63. The Balaban J connectivity index is 1.53. The van der Waals surface area contributed by atoms with E-state index in [4.69, 9.17) is 10.2 Å². The predicted molar refractivity (Wildman–Crippen MR) is 90.2 cm³/mol. The molecule has 22 heavy (non-hydrogen) atoms. The normalized spacial score (nSPS) is 17.7. The molecule has 118 valence electrons. The molecule has 1 aliphatic heterocycles. The zero-order chi connectivity index (χ0) is 15.5. The summed E-state index contributed by atoms with van der Waals surface area (Å²) in [5.74, 6) is 1.81. The van der Waals surface area contributed by atoms with Crippen molar-refractivity contribution in [1.82, 2.24) is 4.90 Å². The second-order valence-corrected chi connectivity index (χ2v) is 6.18. The standard InChI is InChI=1S/C18H25N3O/c1-14-4-3-5-16(12-14)21-10-8-20(9-11-21)13-17(19)18-7-6-15(2)22-18/h3-7,12,17H,8-11,13,19H2,1-2H3. The van der Waals surface area contributed by atoms with Crippen LogP contribution in [-0.2, 0) is 0 Å². The van der Waals surface area contributed by atoms with Gasteiger partial charge in [-0.1, -0.05) is 12.1 Å². The smallest absolute Gasteiger partial charge is 0.122 e. The average Bonchev–Trinajstić information content (AvgIpc) is 2.95. The molecular formula is C18H25N3O. The number of benzene rings is 1. The van der Waals surface area contributed by atoms with E-state index in [1.807, 2.05) is 19.1 Å². The lowest BCUT2D eigenvalue weighted by molar-refractivity contribution is 0.233. The van der Waals surface area contributed by atoms with E-state index in [0.717, 1.165) is 44.2 Å². The summed E-state index contributed by atoms with van der Waals surface area (Å²) in [6, 6.07) is 12.6. The zero-order valence-corrected chi connectivity index (χ0v) is 13.5. The molecule has 2 heterocycles. The summed E-state index contributed by atoms with van der Waals surface area (Å²) in [6.07, 6.45) is 0. The molecule has 1 saturated heterocycles. The fourth-order valence-corrected chi connectivity index (χ4v) is 3.03. The van der Waals surface area contributed by atoms with Gasteiger partial charge in [0.1, 0.15) is 11.5 Å². The van der Waals surface area contributed by atoms with Crippen molar-refractivity contribution in [3.05, 3.63) is 53.5 Å². The molecule has 0 spiro atoms. The van der Waals surface area contributed by atoms with Crippen LogP contribution in [0.25, 0.3) is 0 Å². The van der Waals surface area contributed by atoms with E-state index >= 15 is 0 Å². The van der Waals surface area contributed by atoms with Gasteiger partial charge in [-0.25, -0.2) is 0 Å². The fourth-order valence-electron chi connectivity index (χ4n) is 3.03. The molecule has 1 fully saturated rings. The zero-order valence-electron chi connectivity index (χ0n) is 13.5. The maximum Gasteiger partial charge on any atom is 0.122 e. The molecule has 0 amide bonds. The van der Waals surface area contributed by atoms with Crippen molar-refractivity contribution < 1.29 is 4.42 Å². The van der Waals surface area contributed by atoms with Crippen LogP contribution in [-0.4, -0.2) is 37.6 Å². The Bertz CT molecular complexity index is 614. The lowest BCUT2D eigenvalue weighted by atomic mass is 10.1. The van der Waals surface area contributed by atoms with Gasteiger partial charge in [-0.2, -0.15) is 0 Å². The Morgan fingerprint density at radius 3 is 2.50 bits per heavy atom. The van der Waals surface area contributed by atoms with Crippen molar-refractivity contribution >= 4 is 5.69 Å². The summed E-state index contributed by atoms with van der Waals surface area (Å²) in [5.41, 5.74) is 8.90. The number of rotatable bonds is 4. The number of furan rings is 1. The number of aryl methyl sites for hydroxylation is 2. The molecule has 3 rings (SSSR count). The van der Waals surface area contributed by atoms with Crippen LogP contribution in [0.1, 0.15) is 23.1 Å². The third-order valence-electron chi connectivity index (χ3n) is 4.32. The minimum Gasteiger partial charge on any atom is -0.465 e. The van der Waals surface area contributed by atoms with Crippen LogP contribution < -0.4 is 10.6 Å². The monoisotopic (exact) mass is 299 g/mol. The topological polar surface area (TPSA) is 45.6 Å². The summed E-state index contributed by atoms with van der Waals surface area (Å²) in [6.45, 7) is 9.14. The molecule has 1 unspecified atom stereocenters. The van der Waals surface area contributed by atoms with Gasteiger partial charge in [-0.05, 0) is 43.7 Å². The molecule has 2 aromatic rings. The molecule has 1 atom stereocenters. The van der Waals surface area contributed by atoms with Crippen LogP contribution in [0.2, 0.25) is 0 Å². The van der Waals surface area contributed by atoms with E-state index in [1.165, 1.54) is 11.3 Å². The first-order chi connectivity index (χ1) is 10.6. The number of nitrogens with zero attached hydrogens (tertiary/aromatic N) is 2.